The van der Waals surface area contributed by atoms with Gasteiger partial charge in [-0.05, 0) is 83.1 Å². The van der Waals surface area contributed by atoms with Gasteiger partial charge in [-0.3, -0.25) is 18.6 Å². The Hall–Kier alpha value is -2.29. The van der Waals surface area contributed by atoms with Crippen LogP contribution in [0.25, 0.3) is 0 Å². The van der Waals surface area contributed by atoms with Crippen molar-refractivity contribution in [1.29, 1.82) is 0 Å². The van der Waals surface area contributed by atoms with Gasteiger partial charge in [0.25, 0.3) is 0 Å². The minimum atomic E-state index is -4.44. The highest BCUT2D eigenvalue weighted by atomic mass is 31.2. The number of amides is 1. The molecule has 0 saturated heterocycles. The Balaban J connectivity index is 5.42. The smallest absolute Gasteiger partial charge is 0.456 e. The predicted octanol–water partition coefficient (Wildman–Crippen LogP) is 15.9. The Morgan fingerprint density at radius 3 is 1.44 bits per heavy atom. The number of likely N-dealkylation sites (N-methyl/N-ethyl adjacent to an activating group) is 1. The van der Waals surface area contributed by atoms with Crippen molar-refractivity contribution in [1.82, 2.24) is 5.32 Å². The molecule has 0 aromatic rings. The molecular weight excluding hydrogens is 844 g/mol. The van der Waals surface area contributed by atoms with Crippen molar-refractivity contribution >= 4 is 19.7 Å². The zero-order valence-electron chi connectivity index (χ0n) is 43.7. The fraction of sp³-hybridized carbons (Fsp3) is 0.786. The molecule has 0 aromatic heterocycles. The zero-order valence-corrected chi connectivity index (χ0v) is 44.6. The second kappa shape index (κ2) is 46.4. The number of ether oxygens (including phenoxy) is 1. The lowest BCUT2D eigenvalue weighted by Gasteiger charge is -2.27. The summed E-state index contributed by atoms with van der Waals surface area (Å²) < 4.78 is 30.5. The molecule has 0 aliphatic rings. The van der Waals surface area contributed by atoms with Gasteiger partial charge in [0.2, 0.25) is 5.91 Å². The highest BCUT2D eigenvalue weighted by Gasteiger charge is 2.30. The zero-order chi connectivity index (χ0) is 48.7. The van der Waals surface area contributed by atoms with E-state index < -0.39 is 20.0 Å². The van der Waals surface area contributed by atoms with Gasteiger partial charge >= 0.3 is 13.8 Å². The van der Waals surface area contributed by atoms with E-state index in [4.69, 9.17) is 13.8 Å². The van der Waals surface area contributed by atoms with E-state index in [1.807, 2.05) is 33.3 Å². The molecule has 3 atom stereocenters. The van der Waals surface area contributed by atoms with Crippen molar-refractivity contribution in [3.63, 3.8) is 0 Å². The topological polar surface area (TPSA) is 111 Å². The molecule has 1 amide bonds. The van der Waals surface area contributed by atoms with Crippen LogP contribution in [0.15, 0.2) is 60.8 Å². The van der Waals surface area contributed by atoms with E-state index in [9.17, 15) is 19.0 Å². The van der Waals surface area contributed by atoms with E-state index in [-0.39, 0.29) is 31.5 Å². The second-order valence-electron chi connectivity index (χ2n) is 19.3. The van der Waals surface area contributed by atoms with Crippen LogP contribution in [0.3, 0.4) is 0 Å². The molecule has 9 nitrogen and oxygen atoms in total. The number of carbonyl (C=O) groups is 2. The fourth-order valence-corrected chi connectivity index (χ4v) is 8.28. The first-order valence-electron chi connectivity index (χ1n) is 27.1. The number of unbranched alkanes of at least 4 members (excludes halogenated alkanes) is 24. The minimum absolute atomic E-state index is 0.0357. The van der Waals surface area contributed by atoms with Crippen LogP contribution in [0.5, 0.6) is 0 Å². The lowest BCUT2D eigenvalue weighted by Crippen LogP contribution is -2.47. The van der Waals surface area contributed by atoms with Gasteiger partial charge in [0, 0.05) is 12.8 Å². The average Bonchev–Trinajstić information content (AvgIpc) is 3.27. The summed E-state index contributed by atoms with van der Waals surface area (Å²) in [6.45, 7) is 6.78. The Kier molecular flexibility index (Phi) is 44.8. The van der Waals surface area contributed by atoms with Crippen molar-refractivity contribution in [2.24, 2.45) is 0 Å². The van der Waals surface area contributed by atoms with Crippen LogP contribution in [-0.2, 0) is 27.9 Å². The molecule has 66 heavy (non-hydrogen) atoms. The molecular formula is C56H104N2O7P+. The fourth-order valence-electron chi connectivity index (χ4n) is 7.54. The third-order valence-corrected chi connectivity index (χ3v) is 12.7. The summed E-state index contributed by atoms with van der Waals surface area (Å²) in [5, 5.41) is 3.03. The SMILES string of the molecule is CC/C=C/C/C=C/CCCCCCCCCC(=O)NC(COP(=O)(O)OCC[N+](C)(C)C)C(/C=C/CCCCCCCCCCCC)OC(=O)CCCCCCCCC/C=C/C/C=C/CC. The van der Waals surface area contributed by atoms with Crippen molar-refractivity contribution in [2.45, 2.75) is 245 Å². The summed E-state index contributed by atoms with van der Waals surface area (Å²) in [4.78, 5) is 37.5. The van der Waals surface area contributed by atoms with Gasteiger partial charge in [-0.1, -0.05) is 197 Å². The Bertz CT molecular complexity index is 1320. The number of phosphoric acid groups is 1. The lowest BCUT2D eigenvalue weighted by atomic mass is 10.0. The van der Waals surface area contributed by atoms with E-state index in [2.05, 4.69) is 74.7 Å². The number of phosphoric ester groups is 1. The van der Waals surface area contributed by atoms with Crippen LogP contribution >= 0.6 is 7.82 Å². The molecule has 2 N–H and O–H groups in total. The lowest BCUT2D eigenvalue weighted by molar-refractivity contribution is -0.870. The molecule has 0 aromatic carbocycles. The maximum Gasteiger partial charge on any atom is 0.472 e. The van der Waals surface area contributed by atoms with Crippen LogP contribution in [-0.4, -0.2) is 74.3 Å². The Morgan fingerprint density at radius 1 is 0.545 bits per heavy atom. The number of rotatable bonds is 48. The van der Waals surface area contributed by atoms with Gasteiger partial charge < -0.3 is 19.4 Å². The first-order chi connectivity index (χ1) is 31.9. The van der Waals surface area contributed by atoms with E-state index in [0.717, 1.165) is 109 Å². The standard InChI is InChI=1S/C56H103N2O7P/c1-7-10-13-16-19-22-25-28-30-33-36-39-42-45-48-55(59)57-53(52-64-66(61,62)63-51-50-58(4,5)6)54(47-44-41-38-35-32-27-24-21-18-15-12-9-3)65-56(60)49-46-43-40-37-34-31-29-26-23-20-17-14-11-8-2/h10-11,13-14,19-20,22-23,44,47,53-54H,7-9,12,15-18,21,24-43,45-46,48-52H2,1-6H3,(H-,57,59,61,62)/p+1/b13-10+,14-11+,22-19+,23-20+,47-44+. The van der Waals surface area contributed by atoms with Crippen molar-refractivity contribution in [3.05, 3.63) is 60.8 Å². The van der Waals surface area contributed by atoms with Gasteiger partial charge in [-0.15, -0.1) is 0 Å². The highest BCUT2D eigenvalue weighted by Crippen LogP contribution is 2.43. The normalized spacial score (nSPS) is 14.3. The quantitative estimate of drug-likeness (QED) is 0.0205. The number of hydrogen-bond donors (Lipinski definition) is 2. The number of hydrogen-bond acceptors (Lipinski definition) is 6. The Morgan fingerprint density at radius 2 is 0.970 bits per heavy atom. The maximum absolute atomic E-state index is 13.5. The van der Waals surface area contributed by atoms with E-state index in [1.165, 1.54) is 89.9 Å². The van der Waals surface area contributed by atoms with Crippen LogP contribution in [0.2, 0.25) is 0 Å². The van der Waals surface area contributed by atoms with Crippen molar-refractivity contribution < 1.29 is 37.3 Å². The first-order valence-corrected chi connectivity index (χ1v) is 28.6. The summed E-state index contributed by atoms with van der Waals surface area (Å²) >= 11 is 0. The van der Waals surface area contributed by atoms with Crippen LogP contribution in [0.1, 0.15) is 233 Å². The third-order valence-electron chi connectivity index (χ3n) is 11.7. The largest absolute Gasteiger partial charge is 0.472 e. The molecule has 384 valence electrons. The molecule has 0 spiro atoms. The van der Waals surface area contributed by atoms with Gasteiger partial charge in [0.05, 0.1) is 33.8 Å². The van der Waals surface area contributed by atoms with Crippen molar-refractivity contribution in [2.75, 3.05) is 40.9 Å². The first kappa shape index (κ1) is 63.7. The third kappa shape index (κ3) is 46.8. The summed E-state index contributed by atoms with van der Waals surface area (Å²) in [5.74, 6) is -0.526. The molecule has 10 heteroatoms. The molecule has 3 unspecified atom stereocenters. The van der Waals surface area contributed by atoms with E-state index >= 15 is 0 Å². The molecule has 0 rings (SSSR count). The monoisotopic (exact) mass is 948 g/mol. The number of nitrogens with one attached hydrogen (secondary N) is 1. The highest BCUT2D eigenvalue weighted by molar-refractivity contribution is 7.47. The van der Waals surface area contributed by atoms with Gasteiger partial charge in [0.15, 0.2) is 0 Å². The number of nitrogens with zero attached hydrogens (tertiary/aromatic N) is 1. The van der Waals surface area contributed by atoms with E-state index in [0.29, 0.717) is 17.4 Å². The van der Waals surface area contributed by atoms with Gasteiger partial charge in [-0.2, -0.15) is 0 Å². The number of quaternary nitrogens is 1. The van der Waals surface area contributed by atoms with Crippen LogP contribution in [0.4, 0.5) is 0 Å². The molecule has 0 saturated carbocycles. The minimum Gasteiger partial charge on any atom is -0.456 e. The van der Waals surface area contributed by atoms with Crippen LogP contribution in [0, 0.1) is 0 Å². The van der Waals surface area contributed by atoms with Gasteiger partial charge in [-0.25, -0.2) is 4.57 Å². The Labute approximate surface area is 407 Å². The molecule has 0 bridgehead atoms. The van der Waals surface area contributed by atoms with E-state index in [1.54, 1.807) is 0 Å². The summed E-state index contributed by atoms with van der Waals surface area (Å²) in [7, 11) is 1.48. The van der Waals surface area contributed by atoms with Gasteiger partial charge in [0.1, 0.15) is 19.3 Å². The predicted molar refractivity (Wildman–Crippen MR) is 282 cm³/mol. The van der Waals surface area contributed by atoms with Crippen LogP contribution < -0.4 is 5.32 Å². The summed E-state index contributed by atoms with van der Waals surface area (Å²) in [6, 6.07) is -0.854. The average molecular weight is 948 g/mol. The number of carbonyl (C=O) groups excluding carboxylic acids is 2. The summed E-state index contributed by atoms with van der Waals surface area (Å²) in [5.41, 5.74) is 0. The number of esters is 1. The molecule has 0 aliphatic heterocycles. The molecule has 0 aliphatic carbocycles. The summed E-state index contributed by atoms with van der Waals surface area (Å²) in [6.07, 6.45) is 56.4. The van der Waals surface area contributed by atoms with Crippen molar-refractivity contribution in [3.8, 4) is 0 Å². The number of allylic oxidation sites excluding steroid dienone is 9. The molecule has 0 radical (unpaired) electrons. The second-order valence-corrected chi connectivity index (χ2v) is 20.8. The molecule has 0 fully saturated rings. The maximum atomic E-state index is 13.5. The molecule has 0 heterocycles.